The van der Waals surface area contributed by atoms with Crippen LogP contribution in [0.15, 0.2) is 6.07 Å². The van der Waals surface area contributed by atoms with Gasteiger partial charge in [0, 0.05) is 11.4 Å². The summed E-state index contributed by atoms with van der Waals surface area (Å²) in [6.45, 7) is 3.89. The van der Waals surface area contributed by atoms with Gasteiger partial charge in [0.2, 0.25) is 5.91 Å². The van der Waals surface area contributed by atoms with Crippen molar-refractivity contribution in [2.24, 2.45) is 0 Å². The van der Waals surface area contributed by atoms with Crippen molar-refractivity contribution in [3.63, 3.8) is 0 Å². The molecule has 0 radical (unpaired) electrons. The van der Waals surface area contributed by atoms with Crippen LogP contribution in [0.4, 0.5) is 4.79 Å². The molecule has 0 unspecified atom stereocenters. The van der Waals surface area contributed by atoms with E-state index in [0.29, 0.717) is 11.4 Å². The number of fused-ring (bicyclic) bond motifs is 1. The molecule has 1 aliphatic rings. The molecule has 1 aromatic rings. The third-order valence-electron chi connectivity index (χ3n) is 3.48. The number of nitrogens with zero attached hydrogens (tertiary/aromatic N) is 1. The van der Waals surface area contributed by atoms with Crippen LogP contribution in [0, 0.1) is 0 Å². The Labute approximate surface area is 133 Å². The highest BCUT2D eigenvalue weighted by molar-refractivity contribution is 7.14. The number of ether oxygens (including phenoxy) is 1. The molecule has 0 fully saturated rings. The molecule has 3 amide bonds. The fourth-order valence-electron chi connectivity index (χ4n) is 2.41. The zero-order valence-corrected chi connectivity index (χ0v) is 13.6. The maximum atomic E-state index is 12.5. The summed E-state index contributed by atoms with van der Waals surface area (Å²) in [7, 11) is 0. The summed E-state index contributed by atoms with van der Waals surface area (Å²) in [6.07, 6.45) is 2.41. The van der Waals surface area contributed by atoms with Gasteiger partial charge in [-0.3, -0.25) is 14.9 Å². The maximum absolute atomic E-state index is 12.5. The molecule has 0 saturated heterocycles. The van der Waals surface area contributed by atoms with Crippen LogP contribution >= 0.6 is 11.3 Å². The predicted octanol–water partition coefficient (Wildman–Crippen LogP) is 1.97. The largest absolute Gasteiger partial charge is 0.450 e. The lowest BCUT2D eigenvalue weighted by Gasteiger charge is -2.19. The molecular formula is C15H20N2O4S. The fourth-order valence-corrected chi connectivity index (χ4v) is 3.63. The first-order valence-corrected chi connectivity index (χ1v) is 8.24. The molecule has 7 heteroatoms. The van der Waals surface area contributed by atoms with Crippen molar-refractivity contribution in [1.82, 2.24) is 10.2 Å². The van der Waals surface area contributed by atoms with Gasteiger partial charge in [-0.2, -0.15) is 0 Å². The number of nitrogens with one attached hydrogen (secondary N) is 1. The number of carbonyl (C=O) groups is 3. The van der Waals surface area contributed by atoms with Crippen LogP contribution in [0.1, 0.15) is 40.4 Å². The molecule has 120 valence electrons. The molecule has 0 bridgehead atoms. The van der Waals surface area contributed by atoms with E-state index in [1.165, 1.54) is 26.7 Å². The van der Waals surface area contributed by atoms with Gasteiger partial charge in [-0.1, -0.05) is 0 Å². The van der Waals surface area contributed by atoms with Gasteiger partial charge in [0.15, 0.2) is 0 Å². The summed E-state index contributed by atoms with van der Waals surface area (Å²) in [5, 5.41) is 2.10. The lowest BCUT2D eigenvalue weighted by Crippen LogP contribution is -2.42. The SMILES string of the molecule is CCOC(=O)NC(=O)CN(CC)C(=O)c1cc2c(s1)CCC2. The van der Waals surface area contributed by atoms with E-state index in [4.69, 9.17) is 0 Å². The molecule has 1 aliphatic carbocycles. The van der Waals surface area contributed by atoms with E-state index in [2.05, 4.69) is 10.1 Å². The fraction of sp³-hybridized carbons (Fsp3) is 0.533. The van der Waals surface area contributed by atoms with E-state index in [9.17, 15) is 14.4 Å². The van der Waals surface area contributed by atoms with Gasteiger partial charge >= 0.3 is 6.09 Å². The zero-order valence-electron chi connectivity index (χ0n) is 12.8. The summed E-state index contributed by atoms with van der Waals surface area (Å²) in [5.74, 6) is -0.710. The summed E-state index contributed by atoms with van der Waals surface area (Å²) >= 11 is 1.51. The first-order chi connectivity index (χ1) is 10.5. The van der Waals surface area contributed by atoms with Crippen molar-refractivity contribution in [1.29, 1.82) is 0 Å². The highest BCUT2D eigenvalue weighted by Crippen LogP contribution is 2.31. The van der Waals surface area contributed by atoms with Gasteiger partial charge in [-0.15, -0.1) is 11.3 Å². The van der Waals surface area contributed by atoms with Gasteiger partial charge in [-0.05, 0) is 44.7 Å². The second-order valence-electron chi connectivity index (χ2n) is 5.00. The molecular weight excluding hydrogens is 304 g/mol. The van der Waals surface area contributed by atoms with Crippen LogP contribution in [0.2, 0.25) is 0 Å². The first kappa shape index (κ1) is 16.5. The highest BCUT2D eigenvalue weighted by Gasteiger charge is 2.23. The van der Waals surface area contributed by atoms with E-state index < -0.39 is 12.0 Å². The van der Waals surface area contributed by atoms with E-state index in [1.807, 2.05) is 6.07 Å². The number of hydrogen-bond acceptors (Lipinski definition) is 5. The van der Waals surface area contributed by atoms with Crippen molar-refractivity contribution in [3.05, 3.63) is 21.4 Å². The molecule has 22 heavy (non-hydrogen) atoms. The van der Waals surface area contributed by atoms with Gasteiger partial charge in [0.25, 0.3) is 5.91 Å². The quantitative estimate of drug-likeness (QED) is 0.898. The van der Waals surface area contributed by atoms with Crippen LogP contribution < -0.4 is 5.32 Å². The molecule has 0 spiro atoms. The Hall–Kier alpha value is -1.89. The van der Waals surface area contributed by atoms with Crippen LogP contribution in [0.25, 0.3) is 0 Å². The summed E-state index contributed by atoms with van der Waals surface area (Å²) in [5.41, 5.74) is 1.25. The number of likely N-dealkylation sites (N-methyl/N-ethyl adjacent to an activating group) is 1. The van der Waals surface area contributed by atoms with Crippen molar-refractivity contribution >= 4 is 29.2 Å². The van der Waals surface area contributed by atoms with E-state index in [-0.39, 0.29) is 19.1 Å². The number of carbonyl (C=O) groups excluding carboxylic acids is 3. The molecule has 0 aliphatic heterocycles. The highest BCUT2D eigenvalue weighted by atomic mass is 32.1. The topological polar surface area (TPSA) is 75.7 Å². The Bertz CT molecular complexity index is 561. The molecule has 1 heterocycles. The molecule has 1 aromatic heterocycles. The third kappa shape index (κ3) is 3.85. The Kier molecular flexibility index (Phi) is 5.54. The maximum Gasteiger partial charge on any atom is 0.413 e. The first-order valence-electron chi connectivity index (χ1n) is 7.42. The normalized spacial score (nSPS) is 12.6. The minimum Gasteiger partial charge on any atom is -0.450 e. The van der Waals surface area contributed by atoms with Gasteiger partial charge in [0.05, 0.1) is 11.5 Å². The molecule has 0 saturated carbocycles. The van der Waals surface area contributed by atoms with Crippen molar-refractivity contribution < 1.29 is 19.1 Å². The van der Waals surface area contributed by atoms with Crippen LogP contribution in [0.3, 0.4) is 0 Å². The number of rotatable bonds is 5. The number of hydrogen-bond donors (Lipinski definition) is 1. The monoisotopic (exact) mass is 324 g/mol. The number of alkyl carbamates (subject to hydrolysis) is 1. The smallest absolute Gasteiger partial charge is 0.413 e. The van der Waals surface area contributed by atoms with Crippen molar-refractivity contribution in [3.8, 4) is 0 Å². The lowest BCUT2D eigenvalue weighted by molar-refractivity contribution is -0.121. The lowest BCUT2D eigenvalue weighted by atomic mass is 10.2. The van der Waals surface area contributed by atoms with Gasteiger partial charge in [0.1, 0.15) is 6.54 Å². The number of amides is 3. The van der Waals surface area contributed by atoms with Crippen LogP contribution in [-0.4, -0.2) is 42.5 Å². The Morgan fingerprint density at radius 3 is 2.73 bits per heavy atom. The third-order valence-corrected chi connectivity index (χ3v) is 4.70. The second kappa shape index (κ2) is 7.40. The molecule has 0 atom stereocenters. The minimum atomic E-state index is -0.786. The van der Waals surface area contributed by atoms with Crippen LogP contribution in [-0.2, 0) is 22.4 Å². The van der Waals surface area contributed by atoms with Crippen molar-refractivity contribution in [2.45, 2.75) is 33.1 Å². The molecule has 6 nitrogen and oxygen atoms in total. The van der Waals surface area contributed by atoms with Gasteiger partial charge < -0.3 is 9.64 Å². The van der Waals surface area contributed by atoms with Crippen LogP contribution in [0.5, 0.6) is 0 Å². The van der Waals surface area contributed by atoms with E-state index >= 15 is 0 Å². The predicted molar refractivity (Wildman–Crippen MR) is 83.1 cm³/mol. The minimum absolute atomic E-state index is 0.156. The number of imide groups is 1. The zero-order chi connectivity index (χ0) is 16.1. The Morgan fingerprint density at radius 1 is 1.32 bits per heavy atom. The molecule has 2 rings (SSSR count). The summed E-state index contributed by atoms with van der Waals surface area (Å²) in [6, 6.07) is 1.93. The Balaban J connectivity index is 1.96. The van der Waals surface area contributed by atoms with E-state index in [1.54, 1.807) is 13.8 Å². The van der Waals surface area contributed by atoms with Gasteiger partial charge in [-0.25, -0.2) is 4.79 Å². The molecule has 0 aromatic carbocycles. The summed E-state index contributed by atoms with van der Waals surface area (Å²) < 4.78 is 4.64. The Morgan fingerprint density at radius 2 is 2.09 bits per heavy atom. The molecule has 1 N–H and O–H groups in total. The summed E-state index contributed by atoms with van der Waals surface area (Å²) in [4.78, 5) is 38.8. The average molecular weight is 324 g/mol. The van der Waals surface area contributed by atoms with Crippen molar-refractivity contribution in [2.75, 3.05) is 19.7 Å². The van der Waals surface area contributed by atoms with E-state index in [0.717, 1.165) is 19.3 Å². The second-order valence-corrected chi connectivity index (χ2v) is 6.14. The average Bonchev–Trinajstić information content (AvgIpc) is 3.05. The standard InChI is InChI=1S/C15H20N2O4S/c1-3-17(9-13(18)16-15(20)21-4-2)14(19)12-8-10-6-5-7-11(10)22-12/h8H,3-7,9H2,1-2H3,(H,16,18,20). The number of thiophene rings is 1. The number of aryl methyl sites for hydroxylation is 2.